The van der Waals surface area contributed by atoms with Gasteiger partial charge in [0.05, 0.1) is 12.1 Å². The van der Waals surface area contributed by atoms with Crippen molar-refractivity contribution in [2.45, 2.75) is 51.6 Å². The predicted octanol–water partition coefficient (Wildman–Crippen LogP) is 4.62. The van der Waals surface area contributed by atoms with Gasteiger partial charge in [-0.15, -0.1) is 0 Å². The number of carboxylic acids is 1. The fourth-order valence-corrected chi connectivity index (χ4v) is 4.01. The van der Waals surface area contributed by atoms with Crippen molar-refractivity contribution in [1.82, 2.24) is 19.5 Å². The van der Waals surface area contributed by atoms with E-state index in [4.69, 9.17) is 0 Å². The number of halogens is 3. The molecule has 0 atom stereocenters. The van der Waals surface area contributed by atoms with Crippen molar-refractivity contribution in [2.24, 2.45) is 5.92 Å². The van der Waals surface area contributed by atoms with Crippen molar-refractivity contribution in [3.8, 4) is 0 Å². The molecule has 0 aliphatic heterocycles. The third-order valence-electron chi connectivity index (χ3n) is 5.51. The lowest BCUT2D eigenvalue weighted by Gasteiger charge is -2.28. The number of rotatable bonds is 6. The summed E-state index contributed by atoms with van der Waals surface area (Å²) in [5.41, 5.74) is 0.327. The van der Waals surface area contributed by atoms with Gasteiger partial charge in [-0.1, -0.05) is 0 Å². The highest BCUT2D eigenvalue weighted by molar-refractivity contribution is 5.77. The molecule has 0 bridgehead atoms. The van der Waals surface area contributed by atoms with Crippen LogP contribution in [-0.4, -0.2) is 36.6 Å². The zero-order valence-electron chi connectivity index (χ0n) is 17.6. The van der Waals surface area contributed by atoms with Crippen LogP contribution in [0.3, 0.4) is 0 Å². The lowest BCUT2D eigenvalue weighted by atomic mass is 9.86. The average Bonchev–Trinajstić information content (AvgIpc) is 3.07. The Bertz CT molecular complexity index is 1130. The van der Waals surface area contributed by atoms with E-state index < -0.39 is 35.0 Å². The molecule has 0 spiro atoms. The van der Waals surface area contributed by atoms with E-state index in [9.17, 15) is 23.1 Å². The third-order valence-corrected chi connectivity index (χ3v) is 5.51. The van der Waals surface area contributed by atoms with E-state index in [1.807, 2.05) is 13.8 Å². The summed E-state index contributed by atoms with van der Waals surface area (Å²) in [6.07, 6.45) is 3.49. The van der Waals surface area contributed by atoms with Crippen LogP contribution in [0.15, 0.2) is 18.3 Å². The van der Waals surface area contributed by atoms with Gasteiger partial charge in [0.15, 0.2) is 17.3 Å². The van der Waals surface area contributed by atoms with Gasteiger partial charge in [-0.3, -0.25) is 9.36 Å². The standard InChI is InChI=1S/C21H23F3N6O2/c1-10(2)26-20-25-9-16-18(29-20)30(13-5-3-11(4-6-13)19(31)32)21(27-16)28-17-14(23)7-12(22)8-15(17)24/h7-11,13H,3-6H2,1-2H3,(H,27,28)(H,31,32)(H,25,26,29)/t11-,13+. The molecule has 3 aromatic rings. The van der Waals surface area contributed by atoms with Gasteiger partial charge in [0.25, 0.3) is 0 Å². The number of carbonyl (C=O) groups is 1. The van der Waals surface area contributed by atoms with Gasteiger partial charge in [0, 0.05) is 24.2 Å². The molecule has 4 rings (SSSR count). The van der Waals surface area contributed by atoms with Crippen LogP contribution in [0.5, 0.6) is 0 Å². The highest BCUT2D eigenvalue weighted by atomic mass is 19.1. The number of carboxylic acid groups (broad SMARTS) is 1. The van der Waals surface area contributed by atoms with Gasteiger partial charge < -0.3 is 15.7 Å². The summed E-state index contributed by atoms with van der Waals surface area (Å²) in [5, 5.41) is 15.1. The van der Waals surface area contributed by atoms with Crippen molar-refractivity contribution < 1.29 is 23.1 Å². The molecule has 2 aromatic heterocycles. The highest BCUT2D eigenvalue weighted by Gasteiger charge is 2.30. The maximum atomic E-state index is 14.3. The molecule has 8 nitrogen and oxygen atoms in total. The number of imidazole rings is 1. The summed E-state index contributed by atoms with van der Waals surface area (Å²) in [7, 11) is 0. The molecule has 0 amide bonds. The summed E-state index contributed by atoms with van der Waals surface area (Å²) >= 11 is 0. The van der Waals surface area contributed by atoms with E-state index >= 15 is 0 Å². The Morgan fingerprint density at radius 1 is 1.12 bits per heavy atom. The number of hydrogen-bond donors (Lipinski definition) is 3. The predicted molar refractivity (Wildman–Crippen MR) is 112 cm³/mol. The fourth-order valence-electron chi connectivity index (χ4n) is 4.01. The minimum absolute atomic E-state index is 0.0785. The zero-order chi connectivity index (χ0) is 23.0. The Morgan fingerprint density at radius 3 is 2.38 bits per heavy atom. The summed E-state index contributed by atoms with van der Waals surface area (Å²) in [6, 6.07) is 1.06. The maximum absolute atomic E-state index is 14.3. The van der Waals surface area contributed by atoms with Gasteiger partial charge >= 0.3 is 5.97 Å². The van der Waals surface area contributed by atoms with Crippen LogP contribution in [0.25, 0.3) is 11.2 Å². The summed E-state index contributed by atoms with van der Waals surface area (Å²) in [4.78, 5) is 24.5. The lowest BCUT2D eigenvalue weighted by molar-refractivity contribution is -0.143. The Kier molecular flexibility index (Phi) is 5.90. The molecule has 0 unspecified atom stereocenters. The molecule has 1 aromatic carbocycles. The average molecular weight is 448 g/mol. The Balaban J connectivity index is 1.78. The highest BCUT2D eigenvalue weighted by Crippen LogP contribution is 2.37. The van der Waals surface area contributed by atoms with Crippen LogP contribution in [0.4, 0.5) is 30.8 Å². The first-order chi connectivity index (χ1) is 15.2. The zero-order valence-corrected chi connectivity index (χ0v) is 17.6. The van der Waals surface area contributed by atoms with E-state index in [1.54, 1.807) is 4.57 Å². The van der Waals surface area contributed by atoms with Crippen molar-refractivity contribution >= 4 is 34.7 Å². The first kappa shape index (κ1) is 21.8. The van der Waals surface area contributed by atoms with Crippen molar-refractivity contribution in [3.63, 3.8) is 0 Å². The van der Waals surface area contributed by atoms with E-state index in [2.05, 4.69) is 25.6 Å². The number of nitrogens with one attached hydrogen (secondary N) is 2. The molecule has 32 heavy (non-hydrogen) atoms. The van der Waals surface area contributed by atoms with Gasteiger partial charge in [-0.2, -0.15) is 4.98 Å². The van der Waals surface area contributed by atoms with Gasteiger partial charge in [-0.25, -0.2) is 23.1 Å². The lowest BCUT2D eigenvalue weighted by Crippen LogP contribution is -2.24. The molecule has 3 N–H and O–H groups in total. The number of benzene rings is 1. The number of aliphatic carboxylic acids is 1. The van der Waals surface area contributed by atoms with E-state index in [-0.39, 0.29) is 18.0 Å². The summed E-state index contributed by atoms with van der Waals surface area (Å²) < 4.78 is 43.6. The molecular weight excluding hydrogens is 425 g/mol. The Hall–Kier alpha value is -3.37. The third kappa shape index (κ3) is 4.32. The van der Waals surface area contributed by atoms with E-state index in [0.717, 1.165) is 0 Å². The molecule has 2 heterocycles. The smallest absolute Gasteiger partial charge is 0.306 e. The molecule has 1 aliphatic rings. The van der Waals surface area contributed by atoms with Gasteiger partial charge in [0.1, 0.15) is 17.0 Å². The molecule has 170 valence electrons. The summed E-state index contributed by atoms with van der Waals surface area (Å²) in [5.74, 6) is -3.98. The maximum Gasteiger partial charge on any atom is 0.306 e. The van der Waals surface area contributed by atoms with E-state index in [1.165, 1.54) is 6.20 Å². The van der Waals surface area contributed by atoms with Crippen LogP contribution < -0.4 is 10.6 Å². The van der Waals surface area contributed by atoms with Gasteiger partial charge in [-0.05, 0) is 39.5 Å². The number of anilines is 3. The minimum atomic E-state index is -1.09. The second kappa shape index (κ2) is 8.64. The molecule has 1 saturated carbocycles. The second-order valence-electron chi connectivity index (χ2n) is 8.22. The van der Waals surface area contributed by atoms with Crippen LogP contribution in [0.1, 0.15) is 45.6 Å². The fraction of sp³-hybridized carbons (Fsp3) is 0.429. The molecule has 0 radical (unpaired) electrons. The molecule has 11 heteroatoms. The molecular formula is C21H23F3N6O2. The molecule has 1 aliphatic carbocycles. The summed E-state index contributed by atoms with van der Waals surface area (Å²) in [6.45, 7) is 3.87. The normalized spacial score (nSPS) is 18.8. The first-order valence-corrected chi connectivity index (χ1v) is 10.4. The molecule has 1 fully saturated rings. The second-order valence-corrected chi connectivity index (χ2v) is 8.22. The Labute approximate surface area is 181 Å². The van der Waals surface area contributed by atoms with Crippen LogP contribution in [-0.2, 0) is 4.79 Å². The Morgan fingerprint density at radius 2 is 1.78 bits per heavy atom. The number of nitrogens with zero attached hydrogens (tertiary/aromatic N) is 4. The monoisotopic (exact) mass is 448 g/mol. The molecule has 0 saturated heterocycles. The largest absolute Gasteiger partial charge is 0.481 e. The SMILES string of the molecule is CC(C)Nc1ncc2nc(Nc3c(F)cc(F)cc3F)n([C@H]3CC[C@@H](C(=O)O)CC3)c2n1. The van der Waals surface area contributed by atoms with Crippen LogP contribution in [0.2, 0.25) is 0 Å². The van der Waals surface area contributed by atoms with Gasteiger partial charge in [0.2, 0.25) is 11.9 Å². The van der Waals surface area contributed by atoms with Crippen molar-refractivity contribution in [1.29, 1.82) is 0 Å². The number of hydrogen-bond acceptors (Lipinski definition) is 6. The van der Waals surface area contributed by atoms with E-state index in [0.29, 0.717) is 54.9 Å². The quantitative estimate of drug-likeness (QED) is 0.505. The first-order valence-electron chi connectivity index (χ1n) is 10.4. The van der Waals surface area contributed by atoms with Crippen LogP contribution >= 0.6 is 0 Å². The number of aromatic nitrogens is 4. The topological polar surface area (TPSA) is 105 Å². The van der Waals surface area contributed by atoms with Crippen LogP contribution in [0, 0.1) is 23.4 Å². The van der Waals surface area contributed by atoms with Crippen molar-refractivity contribution in [2.75, 3.05) is 10.6 Å². The number of fused-ring (bicyclic) bond motifs is 1. The van der Waals surface area contributed by atoms with Crippen molar-refractivity contribution in [3.05, 3.63) is 35.8 Å². The minimum Gasteiger partial charge on any atom is -0.481 e.